The van der Waals surface area contributed by atoms with Crippen LogP contribution < -0.4 is 66.2 Å². The Morgan fingerprint density at radius 1 is 0.345 bits per heavy atom. The minimum Gasteiger partial charge on any atom is -0.467 e. The average Bonchev–Trinajstić information content (AvgIpc) is 1.72. The van der Waals surface area contributed by atoms with Gasteiger partial charge in [-0.2, -0.15) is 0 Å². The van der Waals surface area contributed by atoms with Gasteiger partial charge in [-0.1, -0.05) is 19.8 Å². The van der Waals surface area contributed by atoms with E-state index in [0.717, 1.165) is 149 Å². The van der Waals surface area contributed by atoms with Crippen molar-refractivity contribution in [1.29, 1.82) is 0 Å². The van der Waals surface area contributed by atoms with E-state index in [4.69, 9.17) is 14.2 Å². The maximum Gasteiger partial charge on any atom is 0.328 e. The zero-order chi connectivity index (χ0) is 97.3. The summed E-state index contributed by atoms with van der Waals surface area (Å²) in [4.78, 5) is 230. The Morgan fingerprint density at radius 3 is 0.942 bits per heavy atom. The first-order valence-corrected chi connectivity index (χ1v) is 46.4. The molecule has 0 bridgehead atoms. The highest BCUT2D eigenvalue weighted by Gasteiger charge is 2.36. The zero-order valence-electron chi connectivity index (χ0n) is 77.4. The molecule has 6 amide bonds. The second kappa shape index (κ2) is 47.5. The normalized spacial score (nSPS) is 21.7. The minimum atomic E-state index is -0.393. The lowest BCUT2D eigenvalue weighted by Gasteiger charge is -2.40. The van der Waals surface area contributed by atoms with Crippen molar-refractivity contribution in [2.45, 2.75) is 109 Å². The summed E-state index contributed by atoms with van der Waals surface area (Å²) in [5.41, 5.74) is 5.35. The van der Waals surface area contributed by atoms with Crippen molar-refractivity contribution >= 4 is 154 Å². The number of anilines is 7. The van der Waals surface area contributed by atoms with Gasteiger partial charge in [0, 0.05) is 167 Å². The molecule has 13 aliphatic rings. The van der Waals surface area contributed by atoms with Gasteiger partial charge < -0.3 is 85.3 Å². The number of allylic oxidation sites excluding steroid dienone is 6. The number of piperidine rings is 2. The fourth-order valence-corrected chi connectivity index (χ4v) is 17.1. The van der Waals surface area contributed by atoms with Crippen LogP contribution in [0.25, 0.3) is 36.5 Å². The van der Waals surface area contributed by atoms with E-state index in [1.807, 2.05) is 4.90 Å². The van der Waals surface area contributed by atoms with Crippen LogP contribution in [0.3, 0.4) is 0 Å². The lowest BCUT2D eigenvalue weighted by atomic mass is 9.93. The number of morpholine rings is 2. The molecule has 139 heavy (non-hydrogen) atoms. The second-order valence-electron chi connectivity index (χ2n) is 34.3. The number of ether oxygens (including phenoxy) is 3. The van der Waals surface area contributed by atoms with Crippen LogP contribution in [0.4, 0.5) is 41.6 Å². The Labute approximate surface area is 799 Å². The van der Waals surface area contributed by atoms with Crippen molar-refractivity contribution < 1.29 is 76.5 Å². The van der Waals surface area contributed by atoms with Gasteiger partial charge in [-0.3, -0.25) is 62.4 Å². The molecule has 7 aromatic heterocycles. The smallest absolute Gasteiger partial charge is 0.328 e. The molecule has 13 aliphatic heterocycles. The van der Waals surface area contributed by atoms with Gasteiger partial charge in [0.25, 0.3) is 0 Å². The van der Waals surface area contributed by atoms with Gasteiger partial charge >= 0.3 is 5.97 Å². The van der Waals surface area contributed by atoms with Crippen LogP contribution in [0.5, 0.6) is 0 Å². The van der Waals surface area contributed by atoms with E-state index in [1.165, 1.54) is 38.9 Å². The van der Waals surface area contributed by atoms with Gasteiger partial charge in [0.2, 0.25) is 77.1 Å². The predicted molar refractivity (Wildman–Crippen MR) is 506 cm³/mol. The number of carbonyl (C=O) groups is 13. The molecule has 20 rings (SSSR count). The molecule has 45 nitrogen and oxygen atoms in total. The van der Waals surface area contributed by atoms with Crippen LogP contribution in [0.2, 0.25) is 0 Å². The van der Waals surface area contributed by atoms with E-state index >= 15 is 0 Å². The summed E-state index contributed by atoms with van der Waals surface area (Å²) in [6, 6.07) is 12.3. The van der Waals surface area contributed by atoms with Crippen LogP contribution in [-0.4, -0.2) is 320 Å². The molecule has 726 valence electrons. The molecule has 7 aromatic rings. The first-order chi connectivity index (χ1) is 67.4. The topological polar surface area (TPSA) is 531 Å². The molecule has 6 N–H and O–H groups in total. The largest absolute Gasteiger partial charge is 0.467 e. The van der Waals surface area contributed by atoms with Gasteiger partial charge in [-0.05, 0) is 130 Å². The number of ketones is 6. The van der Waals surface area contributed by atoms with E-state index in [-0.39, 0.29) is 126 Å². The number of carbonyl (C=O) groups excluding carboxylic acids is 13. The molecule has 13 fully saturated rings. The van der Waals surface area contributed by atoms with Gasteiger partial charge in [-0.25, -0.2) is 74.6 Å². The predicted octanol–water partition coefficient (Wildman–Crippen LogP) is 1.60. The summed E-state index contributed by atoms with van der Waals surface area (Å²) < 4.78 is 15.5. The lowest BCUT2D eigenvalue weighted by molar-refractivity contribution is -0.142. The van der Waals surface area contributed by atoms with Crippen molar-refractivity contribution in [3.8, 4) is 0 Å². The van der Waals surface area contributed by atoms with Crippen LogP contribution in [0.15, 0.2) is 126 Å². The lowest BCUT2D eigenvalue weighted by Crippen LogP contribution is -2.49. The van der Waals surface area contributed by atoms with Gasteiger partial charge in [0.05, 0.1) is 140 Å². The van der Waals surface area contributed by atoms with Gasteiger partial charge in [0.1, 0.15) is 6.04 Å². The zero-order valence-corrected chi connectivity index (χ0v) is 77.4. The molecular formula is C94H109N29O16. The summed E-state index contributed by atoms with van der Waals surface area (Å²) in [5.74, 6) is 1.97. The summed E-state index contributed by atoms with van der Waals surface area (Å²) in [7, 11) is 3.45. The number of nitrogens with zero attached hydrogens (tertiary/aromatic N) is 23. The van der Waals surface area contributed by atoms with Crippen LogP contribution >= 0.6 is 0 Å². The summed E-state index contributed by atoms with van der Waals surface area (Å²) in [6.45, 7) is 19.9. The van der Waals surface area contributed by atoms with E-state index < -0.39 is 6.04 Å². The monoisotopic (exact) mass is 1900 g/mol. The third kappa shape index (κ3) is 27.4. The number of aromatic nitrogens is 14. The van der Waals surface area contributed by atoms with Gasteiger partial charge in [0.15, 0.2) is 34.7 Å². The van der Waals surface area contributed by atoms with Crippen molar-refractivity contribution in [2.75, 3.05) is 186 Å². The number of piperazine rings is 2. The Morgan fingerprint density at radius 2 is 0.626 bits per heavy atom. The number of methoxy groups -OCH3 is 1. The number of rotatable bonds is 17. The Hall–Kier alpha value is -15.3. The molecule has 1 atom stereocenters. The minimum absolute atomic E-state index is 0.0747. The molecule has 0 aromatic carbocycles. The highest BCUT2D eigenvalue weighted by Crippen LogP contribution is 2.29. The molecule has 1 unspecified atom stereocenters. The molecule has 0 spiro atoms. The van der Waals surface area contributed by atoms with E-state index in [2.05, 4.69) is 150 Å². The number of hydrogen-bond donors (Lipinski definition) is 6. The first kappa shape index (κ1) is 98.3. The maximum absolute atomic E-state index is 11.8. The van der Waals surface area contributed by atoms with Crippen molar-refractivity contribution in [1.82, 2.24) is 111 Å². The highest BCUT2D eigenvalue weighted by molar-refractivity contribution is 6.20. The molecule has 0 radical (unpaired) electrons. The third-order valence-electron chi connectivity index (χ3n) is 24.5. The summed E-state index contributed by atoms with van der Waals surface area (Å²) >= 11 is 0. The van der Waals surface area contributed by atoms with Crippen molar-refractivity contribution in [3.63, 3.8) is 0 Å². The SMILES string of the molecule is CCCC1CCN(c2nccc(/C=C3\NC(=O)CC3=O)n2)CC1.CN1CCN(c2nccc(/C=C3\NC(=O)CC3=O)n2)CC1.COC(=O)C1CCCN1c1nccc(/C=C2\NC(=O)CC2=O)n1.O=C1CC(=O)/C(=C/c2ccnc(N3CCC(N4CCOCC4)CC3)n2)N1.O=C1CC(=O)/C(=C/c2ccnc(N3CCN(c4ncccn4)CC3)n2)N1.O=C1CC(=O)/C(=C/c2ccnc(N3CCOCC3)n2)N1. The molecule has 45 heteroatoms. The van der Waals surface area contributed by atoms with Crippen LogP contribution in [-0.2, 0) is 76.5 Å². The summed E-state index contributed by atoms with van der Waals surface area (Å²) in [6.07, 6.45) is 31.0. The Bertz CT molecular complexity index is 5930. The van der Waals surface area contributed by atoms with Crippen molar-refractivity contribution in [2.24, 2.45) is 5.92 Å². The highest BCUT2D eigenvalue weighted by atomic mass is 16.5. The Kier molecular flexibility index (Phi) is 33.6. The summed E-state index contributed by atoms with van der Waals surface area (Å²) in [5, 5.41) is 15.3. The number of amides is 6. The number of nitrogens with one attached hydrogen (secondary N) is 6. The van der Waals surface area contributed by atoms with Crippen LogP contribution in [0, 0.1) is 5.92 Å². The maximum atomic E-state index is 11.8. The standard InChI is InChI=1S/C18H23N5O3.C17H17N7O2.C17H22N4O2.C15H16N4O4.C14H17N5O2.C13H14N4O3/c24-16-12-17(25)21-15(16)11-13-1-4-19-18(20-13)23-5-2-14(3-6-23)22-7-9-26-10-8-22;25-14-11-15(26)22-13(14)10-12-2-5-20-17(21-12)24-8-6-23(7-9-24)16-18-3-1-4-19-16;1-2-3-12-5-8-21(9-6-12)17-18-7-4-13(19-17)10-14-15(22)11-16(23)20-14;1-23-14(22)11-3-2-6-19(11)15-16-5-4-9(17-15)7-10-12(20)8-13(21)18-10;1-18-4-6-19(7-5-18)14-15-3-2-10(16-14)8-11-12(20)9-13(21)17-11;18-11-8-12(19)16-10(11)7-9-1-2-14-13(15-9)17-3-5-20-6-4-17/h1,4,11,14H,2-3,5-10,12H2,(H,21,25);1-5,10H,6-9,11H2,(H,22,26);4,7,10,12H,2-3,5-6,8-9,11H2,1H3,(H,20,23);4-5,7,11H,2-3,6,8H2,1H3,(H,18,21);2-3,8H,4-7,9H2,1H3,(H,17,21);1-2,7H,3-6,8H2,(H,16,19)/b15-11-;13-10-;14-10-;10-7-;11-8-;10-7-. The average molecular weight is 1900 g/mol. The molecule has 20 heterocycles. The fourth-order valence-electron chi connectivity index (χ4n) is 17.1. The molecule has 0 saturated carbocycles. The molecule has 0 aliphatic carbocycles. The number of likely N-dealkylation sites (N-methyl/N-ethyl adjacent to an activating group) is 1. The Balaban J connectivity index is 0.000000127. The van der Waals surface area contributed by atoms with E-state index in [1.54, 1.807) is 127 Å². The number of hydrogen-bond acceptors (Lipinski definition) is 39. The molecular weight excluding hydrogens is 1790 g/mol. The number of Topliss-reactive ketones (excluding diaryl/α,β-unsaturated/α-hetero) is 6. The third-order valence-corrected chi connectivity index (χ3v) is 24.5. The number of esters is 1. The van der Waals surface area contributed by atoms with E-state index in [0.29, 0.717) is 125 Å². The van der Waals surface area contributed by atoms with E-state index in [9.17, 15) is 62.3 Å². The molecule has 13 saturated heterocycles. The second-order valence-corrected chi connectivity index (χ2v) is 34.3. The quantitative estimate of drug-likeness (QED) is 0.0428. The van der Waals surface area contributed by atoms with Gasteiger partial charge in [-0.15, -0.1) is 0 Å². The first-order valence-electron chi connectivity index (χ1n) is 46.4. The fraction of sp³-hybridized carbons (Fsp3) is 0.436. The van der Waals surface area contributed by atoms with Crippen molar-refractivity contribution in [3.05, 3.63) is 160 Å². The van der Waals surface area contributed by atoms with Crippen LogP contribution in [0.1, 0.15) is 131 Å².